The standard InChI is InChI=1S/C26H36O8/c1-13-15-12-33-23(29)19(15)21(32-7)14-10-17-25(4,9-8-18(28)31-6)22(24(2,3)30)16(27)11-26(17,5)34-20(13)14/h16-17,22,27,30H,8-12H2,1-7H3/t16-,17+,22-,25+,26+/m0/s1. The van der Waals surface area contributed by atoms with Crippen molar-refractivity contribution >= 4 is 11.9 Å². The van der Waals surface area contributed by atoms with E-state index in [1.807, 2.05) is 20.8 Å². The summed E-state index contributed by atoms with van der Waals surface area (Å²) in [6.07, 6.45) is 0.546. The average molecular weight is 477 g/mol. The minimum atomic E-state index is -1.20. The molecule has 4 rings (SSSR count). The van der Waals surface area contributed by atoms with Crippen molar-refractivity contribution in [2.24, 2.45) is 17.3 Å². The molecule has 0 radical (unpaired) electrons. The van der Waals surface area contributed by atoms with E-state index in [1.165, 1.54) is 14.2 Å². The molecule has 188 valence electrons. The van der Waals surface area contributed by atoms with E-state index in [2.05, 4.69) is 0 Å². The molecule has 0 bridgehead atoms. The third-order valence-corrected chi connectivity index (χ3v) is 8.47. The van der Waals surface area contributed by atoms with Crippen LogP contribution in [0.4, 0.5) is 0 Å². The monoisotopic (exact) mass is 476 g/mol. The second kappa shape index (κ2) is 8.12. The number of rotatable bonds is 5. The second-order valence-corrected chi connectivity index (χ2v) is 11.1. The van der Waals surface area contributed by atoms with Crippen molar-refractivity contribution in [3.63, 3.8) is 0 Å². The van der Waals surface area contributed by atoms with E-state index in [9.17, 15) is 19.8 Å². The summed E-state index contributed by atoms with van der Waals surface area (Å²) in [5.74, 6) is -0.324. The minimum Gasteiger partial charge on any atom is -0.495 e. The number of methoxy groups -OCH3 is 2. The molecule has 2 aliphatic heterocycles. The fourth-order valence-electron chi connectivity index (χ4n) is 7.21. The van der Waals surface area contributed by atoms with Crippen molar-refractivity contribution in [3.8, 4) is 11.5 Å². The maximum Gasteiger partial charge on any atom is 0.342 e. The average Bonchev–Trinajstić information content (AvgIpc) is 3.12. The number of carbonyl (C=O) groups excluding carboxylic acids is 2. The van der Waals surface area contributed by atoms with Gasteiger partial charge in [0.1, 0.15) is 29.3 Å². The number of carbonyl (C=O) groups is 2. The molecule has 0 aromatic heterocycles. The SMILES string of the molecule is COC(=O)CC[C@]1(C)[C@H]2Cc3c(c(C)c4c(c3OC)C(=O)OC4)O[C@]2(C)C[C@H](O)[C@H]1C(C)(C)O. The summed E-state index contributed by atoms with van der Waals surface area (Å²) in [6, 6.07) is 0. The quantitative estimate of drug-likeness (QED) is 0.624. The number of fused-ring (bicyclic) bond motifs is 3. The summed E-state index contributed by atoms with van der Waals surface area (Å²) < 4.78 is 22.7. The first kappa shape index (κ1) is 24.8. The summed E-state index contributed by atoms with van der Waals surface area (Å²) in [4.78, 5) is 24.7. The van der Waals surface area contributed by atoms with Crippen molar-refractivity contribution in [3.05, 3.63) is 22.3 Å². The minimum absolute atomic E-state index is 0.151. The van der Waals surface area contributed by atoms with Crippen LogP contribution >= 0.6 is 0 Å². The zero-order chi connectivity index (χ0) is 25.2. The van der Waals surface area contributed by atoms with Crippen molar-refractivity contribution < 1.29 is 38.7 Å². The normalized spacial score (nSPS) is 32.1. The molecule has 1 aromatic rings. The Kier molecular flexibility index (Phi) is 5.92. The van der Waals surface area contributed by atoms with Crippen LogP contribution < -0.4 is 9.47 Å². The molecule has 1 aromatic carbocycles. The molecule has 1 fully saturated rings. The van der Waals surface area contributed by atoms with Gasteiger partial charge in [0.2, 0.25) is 0 Å². The number of esters is 2. The predicted molar refractivity (Wildman–Crippen MR) is 123 cm³/mol. The van der Waals surface area contributed by atoms with E-state index in [1.54, 1.807) is 13.8 Å². The van der Waals surface area contributed by atoms with E-state index < -0.39 is 34.6 Å². The molecule has 5 atom stereocenters. The summed E-state index contributed by atoms with van der Waals surface area (Å²) in [6.45, 7) is 9.49. The Bertz CT molecular complexity index is 1020. The largest absolute Gasteiger partial charge is 0.495 e. The van der Waals surface area contributed by atoms with E-state index in [0.29, 0.717) is 36.3 Å². The van der Waals surface area contributed by atoms with E-state index in [4.69, 9.17) is 18.9 Å². The Labute approximate surface area is 200 Å². The zero-order valence-corrected chi connectivity index (χ0v) is 21.1. The smallest absolute Gasteiger partial charge is 0.342 e. The summed E-state index contributed by atoms with van der Waals surface area (Å²) in [5.41, 5.74) is 0.190. The molecule has 0 amide bonds. The highest BCUT2D eigenvalue weighted by Gasteiger charge is 2.63. The van der Waals surface area contributed by atoms with Gasteiger partial charge >= 0.3 is 11.9 Å². The van der Waals surface area contributed by atoms with E-state index in [0.717, 1.165) is 16.7 Å². The van der Waals surface area contributed by atoms with Crippen LogP contribution in [0.1, 0.15) is 74.0 Å². The van der Waals surface area contributed by atoms with E-state index >= 15 is 0 Å². The van der Waals surface area contributed by atoms with Crippen LogP contribution in [0.2, 0.25) is 0 Å². The van der Waals surface area contributed by atoms with Gasteiger partial charge in [0, 0.05) is 35.8 Å². The lowest BCUT2D eigenvalue weighted by molar-refractivity contribution is -0.213. The lowest BCUT2D eigenvalue weighted by Crippen LogP contribution is -2.66. The number of aliphatic hydroxyl groups is 2. The third-order valence-electron chi connectivity index (χ3n) is 8.47. The van der Waals surface area contributed by atoms with Crippen molar-refractivity contribution in [2.75, 3.05) is 14.2 Å². The molecule has 34 heavy (non-hydrogen) atoms. The van der Waals surface area contributed by atoms with Gasteiger partial charge in [-0.05, 0) is 51.5 Å². The third kappa shape index (κ3) is 3.57. The Balaban J connectivity index is 1.89. The van der Waals surface area contributed by atoms with Crippen molar-refractivity contribution in [1.82, 2.24) is 0 Å². The molecule has 8 heteroatoms. The van der Waals surface area contributed by atoms with Crippen LogP contribution in [0.25, 0.3) is 0 Å². The molecule has 2 N–H and O–H groups in total. The second-order valence-electron chi connectivity index (χ2n) is 11.1. The fourth-order valence-corrected chi connectivity index (χ4v) is 7.21. The first-order valence-corrected chi connectivity index (χ1v) is 11.8. The first-order valence-electron chi connectivity index (χ1n) is 11.8. The zero-order valence-electron chi connectivity index (χ0n) is 21.1. The molecular formula is C26H36O8. The molecule has 1 aliphatic carbocycles. The highest BCUT2D eigenvalue weighted by atomic mass is 16.5. The van der Waals surface area contributed by atoms with Crippen LogP contribution in [0, 0.1) is 24.2 Å². The molecule has 3 aliphatic rings. The van der Waals surface area contributed by atoms with Gasteiger partial charge in [-0.1, -0.05) is 6.92 Å². The van der Waals surface area contributed by atoms with Gasteiger partial charge in [-0.2, -0.15) is 0 Å². The van der Waals surface area contributed by atoms with Crippen LogP contribution in [0.3, 0.4) is 0 Å². The molecule has 0 saturated heterocycles. The number of cyclic esters (lactones) is 1. The van der Waals surface area contributed by atoms with Crippen molar-refractivity contribution in [1.29, 1.82) is 0 Å². The van der Waals surface area contributed by atoms with E-state index in [-0.39, 0.29) is 24.9 Å². The van der Waals surface area contributed by atoms with Crippen LogP contribution in [0.5, 0.6) is 11.5 Å². The highest BCUT2D eigenvalue weighted by Crippen LogP contribution is 2.61. The number of aliphatic hydroxyl groups excluding tert-OH is 1. The molecule has 0 spiro atoms. The topological polar surface area (TPSA) is 112 Å². The first-order chi connectivity index (χ1) is 15.8. The summed E-state index contributed by atoms with van der Waals surface area (Å²) in [7, 11) is 2.89. The predicted octanol–water partition coefficient (Wildman–Crippen LogP) is 3.10. The van der Waals surface area contributed by atoms with Crippen molar-refractivity contribution in [2.45, 2.75) is 84.2 Å². The lowest BCUT2D eigenvalue weighted by Gasteiger charge is -2.61. The van der Waals surface area contributed by atoms with Gasteiger partial charge in [0.25, 0.3) is 0 Å². The summed E-state index contributed by atoms with van der Waals surface area (Å²) >= 11 is 0. The Morgan fingerprint density at radius 1 is 1.24 bits per heavy atom. The molecular weight excluding hydrogens is 440 g/mol. The Hall–Kier alpha value is -2.32. The summed E-state index contributed by atoms with van der Waals surface area (Å²) in [5, 5.41) is 22.5. The number of hydrogen-bond acceptors (Lipinski definition) is 8. The van der Waals surface area contributed by atoms with Gasteiger partial charge < -0.3 is 29.2 Å². The maximum atomic E-state index is 12.5. The fraction of sp³-hybridized carbons (Fsp3) is 0.692. The van der Waals surface area contributed by atoms with Crippen LogP contribution in [-0.4, -0.2) is 53.7 Å². The number of benzene rings is 1. The molecule has 1 saturated carbocycles. The van der Waals surface area contributed by atoms with Crippen LogP contribution in [0.15, 0.2) is 0 Å². The number of hydrogen-bond donors (Lipinski definition) is 2. The van der Waals surface area contributed by atoms with Gasteiger partial charge in [-0.3, -0.25) is 4.79 Å². The maximum absolute atomic E-state index is 12.5. The highest BCUT2D eigenvalue weighted by molar-refractivity contribution is 5.98. The number of ether oxygens (including phenoxy) is 4. The van der Waals surface area contributed by atoms with Gasteiger partial charge in [0.05, 0.1) is 25.9 Å². The molecule has 0 unspecified atom stereocenters. The Morgan fingerprint density at radius 3 is 2.50 bits per heavy atom. The molecule has 2 heterocycles. The van der Waals surface area contributed by atoms with Gasteiger partial charge in [-0.15, -0.1) is 0 Å². The van der Waals surface area contributed by atoms with Crippen LogP contribution in [-0.2, 0) is 27.3 Å². The molecule has 8 nitrogen and oxygen atoms in total. The lowest BCUT2D eigenvalue weighted by atomic mass is 9.48. The Morgan fingerprint density at radius 2 is 1.91 bits per heavy atom. The van der Waals surface area contributed by atoms with Gasteiger partial charge in [0.15, 0.2) is 0 Å². The van der Waals surface area contributed by atoms with Gasteiger partial charge in [-0.25, -0.2) is 4.79 Å².